The third-order valence-electron chi connectivity index (χ3n) is 5.87. The number of benzene rings is 6. The monoisotopic (exact) mass is 781 g/mol. The van der Waals surface area contributed by atoms with Gasteiger partial charge in [-0.05, 0) is 109 Å². The molecule has 2 N–H and O–H groups in total. The van der Waals surface area contributed by atoms with Crippen molar-refractivity contribution in [3.63, 3.8) is 0 Å². The van der Waals surface area contributed by atoms with Gasteiger partial charge in [0.25, 0.3) is 0 Å². The van der Waals surface area contributed by atoms with Crippen LogP contribution in [-0.2, 0) is 0 Å². The van der Waals surface area contributed by atoms with Gasteiger partial charge in [0.1, 0.15) is 51.7 Å². The van der Waals surface area contributed by atoms with Crippen LogP contribution in [0, 0.1) is 0 Å². The maximum absolute atomic E-state index is 9.07. The number of alkyl halides is 4. The molecule has 0 atom stereocenters. The molecule has 7 nitrogen and oxygen atoms in total. The first kappa shape index (κ1) is 45.3. The van der Waals surface area contributed by atoms with Crippen molar-refractivity contribution in [2.45, 2.75) is 0 Å². The molecule has 0 radical (unpaired) electrons. The van der Waals surface area contributed by atoms with Crippen molar-refractivity contribution in [3.8, 4) is 51.7 Å². The van der Waals surface area contributed by atoms with Crippen molar-refractivity contribution < 1.29 is 65.3 Å². The maximum Gasteiger partial charge on any atom is 1.00 e. The van der Waals surface area contributed by atoms with Gasteiger partial charge in [-0.3, -0.25) is 0 Å². The molecule has 6 aromatic carbocycles. The maximum atomic E-state index is 9.07. The minimum Gasteiger partial charge on any atom is -0.870 e. The second-order valence-corrected chi connectivity index (χ2v) is 10.9. The van der Waals surface area contributed by atoms with E-state index in [1.54, 1.807) is 24.3 Å². The van der Waals surface area contributed by atoms with Crippen LogP contribution in [0.5, 0.6) is 51.7 Å². The van der Waals surface area contributed by atoms with E-state index in [1.165, 1.54) is 0 Å². The molecule has 6 rings (SSSR count). The summed E-state index contributed by atoms with van der Waals surface area (Å²) in [4.78, 5) is 0. The fraction of sp³-hybridized carbons (Fsp3) is 0.0769. The normalized spacial score (nSPS) is 9.18. The molecule has 0 aliphatic rings. The van der Waals surface area contributed by atoms with Crippen LogP contribution < -0.4 is 53.2 Å². The summed E-state index contributed by atoms with van der Waals surface area (Å²) in [5.74, 6) is 6.24. The van der Waals surface area contributed by atoms with E-state index in [4.69, 9.17) is 75.2 Å². The van der Waals surface area contributed by atoms with Crippen molar-refractivity contribution >= 4 is 46.4 Å². The van der Waals surface area contributed by atoms with E-state index >= 15 is 0 Å². The number of phenols is 1. The summed E-state index contributed by atoms with van der Waals surface area (Å²) in [6, 6.07) is 50.3. The Bertz CT molecular complexity index is 1610. The molecule has 0 unspecified atom stereocenters. The summed E-state index contributed by atoms with van der Waals surface area (Å²) in [5.41, 5.74) is 0. The van der Waals surface area contributed by atoms with Gasteiger partial charge in [0.15, 0.2) is 0 Å². The zero-order valence-electron chi connectivity index (χ0n) is 27.7. The average Bonchev–Trinajstić information content (AvgIpc) is 3.13. The predicted octanol–water partition coefficient (Wildman–Crippen LogP) is 9.79. The fourth-order valence-electron chi connectivity index (χ4n) is 3.76. The van der Waals surface area contributed by atoms with Crippen molar-refractivity contribution in [3.05, 3.63) is 164 Å². The first-order valence-corrected chi connectivity index (χ1v) is 16.8. The van der Waals surface area contributed by atoms with Gasteiger partial charge in [0, 0.05) is 1.43 Å². The van der Waals surface area contributed by atoms with Gasteiger partial charge < -0.3 is 34.3 Å². The van der Waals surface area contributed by atoms with E-state index in [9.17, 15) is 0 Å². The largest absolute Gasteiger partial charge is 1.00 e. The van der Waals surface area contributed by atoms with E-state index in [-0.39, 0.29) is 59.7 Å². The third kappa shape index (κ3) is 19.4. The molecule has 0 spiro atoms. The number of para-hydroxylation sites is 3. The number of rotatable bonds is 10. The molecule has 0 saturated carbocycles. The Kier molecular flexibility index (Phi) is 24.8. The minimum atomic E-state index is 0. The topological polar surface area (TPSA) is 96.4 Å². The Morgan fingerprint density at radius 3 is 0.863 bits per heavy atom. The van der Waals surface area contributed by atoms with Crippen molar-refractivity contribution in [2.24, 2.45) is 0 Å². The Balaban J connectivity index is 0.000000953. The van der Waals surface area contributed by atoms with Gasteiger partial charge in [0.2, 0.25) is 6.79 Å². The van der Waals surface area contributed by atoms with E-state index < -0.39 is 0 Å². The molecule has 0 aromatic heterocycles. The molecule has 0 saturated heterocycles. The van der Waals surface area contributed by atoms with Crippen molar-refractivity contribution in [1.82, 2.24) is 0 Å². The van der Waals surface area contributed by atoms with Crippen LogP contribution in [0.1, 0.15) is 1.43 Å². The number of ether oxygens (including phenoxy) is 5. The Hall–Kier alpha value is -3.76. The predicted molar refractivity (Wildman–Crippen MR) is 204 cm³/mol. The Labute approximate surface area is 342 Å². The molecule has 264 valence electrons. The van der Waals surface area contributed by atoms with Crippen LogP contribution in [0.25, 0.3) is 0 Å². The quantitative estimate of drug-likeness (QED) is 0.0840. The standard InChI is InChI=1S/C25H20O4.C12H10O2.2CH2Cl2.Na.H2O.H2/c1-3-7-22(8-4-1)28-24-15-11-20(12-16-24)26-19-27-21-13-17-25(18-14-21)29-23-9-5-2-6-10-23;13-10-6-8-12(9-7-10)14-11-4-2-1-3-5-11;2*2-1-3;;;/h1-18H,19H2;1-9,13H;2*1H2;;1H2;1H/q;;;;+1;;/p-1/i;;;;;;1+1. The second-order valence-electron chi connectivity index (χ2n) is 9.29. The second kappa shape index (κ2) is 27.9. The molecule has 0 aliphatic carbocycles. The summed E-state index contributed by atoms with van der Waals surface area (Å²) in [7, 11) is 0. The van der Waals surface area contributed by atoms with Crippen LogP contribution in [0.15, 0.2) is 164 Å². The number of aromatic hydroxyl groups is 1. The molecule has 0 fully saturated rings. The smallest absolute Gasteiger partial charge is 0.870 e. The van der Waals surface area contributed by atoms with Gasteiger partial charge in [-0.15, -0.1) is 46.4 Å². The first-order chi connectivity index (χ1) is 24.0. The van der Waals surface area contributed by atoms with E-state index in [1.807, 2.05) is 140 Å². The Morgan fingerprint density at radius 1 is 0.373 bits per heavy atom. The number of halogens is 4. The zero-order chi connectivity index (χ0) is 34.9. The summed E-state index contributed by atoms with van der Waals surface area (Å²) in [6.07, 6.45) is 0. The van der Waals surface area contributed by atoms with Gasteiger partial charge in [0.05, 0.1) is 10.7 Å². The molecular weight excluding hydrogens is 745 g/mol. The average molecular weight is 784 g/mol. The molecule has 0 aliphatic heterocycles. The molecule has 0 amide bonds. The van der Waals surface area contributed by atoms with Crippen molar-refractivity contribution in [1.29, 1.82) is 0 Å². The van der Waals surface area contributed by atoms with Crippen molar-refractivity contribution in [2.75, 3.05) is 17.5 Å². The molecular formula is C39H37Cl4NaO7. The minimum absolute atomic E-state index is 0. The van der Waals surface area contributed by atoms with E-state index in [0.29, 0.717) is 17.2 Å². The molecule has 6 aromatic rings. The third-order valence-corrected chi connectivity index (χ3v) is 5.87. The number of hydrogen-bond donors (Lipinski definition) is 1. The molecule has 0 heterocycles. The first-order valence-electron chi connectivity index (χ1n) is 14.7. The summed E-state index contributed by atoms with van der Waals surface area (Å²) in [6.45, 7) is 0.109. The summed E-state index contributed by atoms with van der Waals surface area (Å²) < 4.78 is 28.3. The van der Waals surface area contributed by atoms with Gasteiger partial charge >= 0.3 is 29.6 Å². The SMILES string of the molecule is ClCCl.ClCCl.Oc1ccc(Oc2ccccc2)cc1.[2HH].[Na+].[OH-].c1ccc(Oc2ccc(OCOc3ccc(Oc4ccccc4)cc3)cc2)cc1. The van der Waals surface area contributed by atoms with Gasteiger partial charge in [-0.25, -0.2) is 0 Å². The van der Waals surface area contributed by atoms with Crippen LogP contribution in [-0.4, -0.2) is 28.1 Å². The zero-order valence-corrected chi connectivity index (χ0v) is 32.7. The summed E-state index contributed by atoms with van der Waals surface area (Å²) >= 11 is 19.1. The van der Waals surface area contributed by atoms with Gasteiger partial charge in [-0.1, -0.05) is 54.6 Å². The molecule has 0 bridgehead atoms. The molecule has 12 heteroatoms. The van der Waals surface area contributed by atoms with Crippen LogP contribution in [0.3, 0.4) is 0 Å². The van der Waals surface area contributed by atoms with Gasteiger partial charge in [-0.2, -0.15) is 0 Å². The van der Waals surface area contributed by atoms with Crippen LogP contribution >= 0.6 is 46.4 Å². The van der Waals surface area contributed by atoms with E-state index in [0.717, 1.165) is 28.7 Å². The van der Waals surface area contributed by atoms with Crippen LogP contribution in [0.4, 0.5) is 0 Å². The number of phenolic OH excluding ortho intramolecular Hbond substituents is 1. The fourth-order valence-corrected chi connectivity index (χ4v) is 3.76. The van der Waals surface area contributed by atoms with E-state index in [2.05, 4.69) is 0 Å². The Morgan fingerprint density at radius 2 is 0.588 bits per heavy atom. The summed E-state index contributed by atoms with van der Waals surface area (Å²) in [5, 5.41) is 9.46. The number of hydrogen-bond acceptors (Lipinski definition) is 7. The molecule has 51 heavy (non-hydrogen) atoms. The van der Waals surface area contributed by atoms with Crippen LogP contribution in [0.2, 0.25) is 0 Å².